The molecule has 1 aliphatic heterocycles. The summed E-state index contributed by atoms with van der Waals surface area (Å²) in [7, 11) is -2.17. The van der Waals surface area contributed by atoms with Gasteiger partial charge in [-0.25, -0.2) is 13.1 Å². The number of carbonyl (C=O) groups is 1. The fourth-order valence-corrected chi connectivity index (χ4v) is 3.77. The molecular weight excluding hydrogens is 304 g/mol. The van der Waals surface area contributed by atoms with Crippen LogP contribution in [0.3, 0.4) is 0 Å². The summed E-state index contributed by atoms with van der Waals surface area (Å²) in [4.78, 5) is 14.4. The molecule has 1 amide bonds. The van der Waals surface area contributed by atoms with E-state index in [1.165, 1.54) is 25.3 Å². The van der Waals surface area contributed by atoms with Crippen molar-refractivity contribution < 1.29 is 17.9 Å². The Morgan fingerprint density at radius 3 is 2.45 bits per heavy atom. The van der Waals surface area contributed by atoms with Crippen LogP contribution in [0.15, 0.2) is 23.1 Å². The number of ether oxygens (including phenoxy) is 1. The van der Waals surface area contributed by atoms with Crippen LogP contribution in [-0.4, -0.2) is 45.5 Å². The van der Waals surface area contributed by atoms with E-state index in [9.17, 15) is 13.2 Å². The minimum absolute atomic E-state index is 0.0737. The van der Waals surface area contributed by atoms with E-state index in [0.717, 1.165) is 12.8 Å². The van der Waals surface area contributed by atoms with E-state index in [4.69, 9.17) is 4.74 Å². The van der Waals surface area contributed by atoms with Crippen LogP contribution in [0.2, 0.25) is 0 Å². The molecule has 0 saturated carbocycles. The van der Waals surface area contributed by atoms with Gasteiger partial charge in [-0.2, -0.15) is 0 Å². The highest BCUT2D eigenvalue weighted by atomic mass is 32.2. The van der Waals surface area contributed by atoms with Crippen LogP contribution in [0.4, 0.5) is 0 Å². The summed E-state index contributed by atoms with van der Waals surface area (Å²) in [5, 5.41) is 0. The summed E-state index contributed by atoms with van der Waals surface area (Å²) in [6.07, 6.45) is 1.95. The second-order valence-electron chi connectivity index (χ2n) is 5.64. The van der Waals surface area contributed by atoms with Gasteiger partial charge in [0.05, 0.1) is 17.6 Å². The van der Waals surface area contributed by atoms with Crippen molar-refractivity contribution >= 4 is 15.9 Å². The maximum atomic E-state index is 12.6. The number of benzene rings is 1. The van der Waals surface area contributed by atoms with Crippen molar-refractivity contribution in [1.82, 2.24) is 9.62 Å². The number of amides is 1. The van der Waals surface area contributed by atoms with Gasteiger partial charge >= 0.3 is 0 Å². The third-order valence-corrected chi connectivity index (χ3v) is 5.15. The lowest BCUT2D eigenvalue weighted by molar-refractivity contribution is 0.0789. The molecule has 1 saturated heterocycles. The summed E-state index contributed by atoms with van der Waals surface area (Å²) in [5.41, 5.74) is 0.288. The predicted molar refractivity (Wildman–Crippen MR) is 83.6 cm³/mol. The molecular formula is C15H22N2O4S. The molecule has 1 aromatic carbocycles. The van der Waals surface area contributed by atoms with Crippen LogP contribution in [0.5, 0.6) is 5.75 Å². The number of likely N-dealkylation sites (tertiary alicyclic amines) is 1. The highest BCUT2D eigenvalue weighted by molar-refractivity contribution is 7.89. The molecule has 122 valence electrons. The summed E-state index contributed by atoms with van der Waals surface area (Å²) in [5.74, 6) is 0.205. The first kappa shape index (κ1) is 16.8. The molecule has 0 aromatic heterocycles. The Kier molecular flexibility index (Phi) is 5.08. The van der Waals surface area contributed by atoms with Gasteiger partial charge < -0.3 is 9.64 Å². The van der Waals surface area contributed by atoms with E-state index < -0.39 is 10.0 Å². The van der Waals surface area contributed by atoms with Crippen molar-refractivity contribution in [3.05, 3.63) is 23.8 Å². The van der Waals surface area contributed by atoms with Crippen LogP contribution >= 0.6 is 0 Å². The molecule has 1 N–H and O–H groups in total. The standard InChI is InChI=1S/C15H22N2O4S/c1-11(2)16-22(19,20)12-6-7-14(21-3)13(10-12)15(18)17-8-4-5-9-17/h6-7,10-11,16H,4-5,8-9H2,1-3H3. The van der Waals surface area contributed by atoms with Gasteiger partial charge in [0, 0.05) is 19.1 Å². The van der Waals surface area contributed by atoms with E-state index >= 15 is 0 Å². The van der Waals surface area contributed by atoms with Crippen LogP contribution in [-0.2, 0) is 10.0 Å². The third-order valence-electron chi connectivity index (χ3n) is 3.50. The summed E-state index contributed by atoms with van der Waals surface area (Å²) < 4.78 is 32.3. The highest BCUT2D eigenvalue weighted by Crippen LogP contribution is 2.25. The summed E-state index contributed by atoms with van der Waals surface area (Å²) in [6, 6.07) is 4.15. The molecule has 1 fully saturated rings. The molecule has 1 aromatic rings. The topological polar surface area (TPSA) is 75.7 Å². The quantitative estimate of drug-likeness (QED) is 0.892. The minimum atomic E-state index is -3.64. The van der Waals surface area contributed by atoms with Gasteiger partial charge in [0.1, 0.15) is 5.75 Å². The minimum Gasteiger partial charge on any atom is -0.496 e. The molecule has 0 radical (unpaired) electrons. The first-order valence-corrected chi connectivity index (χ1v) is 8.83. The van der Waals surface area contributed by atoms with Crippen molar-refractivity contribution in [3.63, 3.8) is 0 Å². The zero-order valence-electron chi connectivity index (χ0n) is 13.1. The molecule has 22 heavy (non-hydrogen) atoms. The zero-order chi connectivity index (χ0) is 16.3. The van der Waals surface area contributed by atoms with Crippen molar-refractivity contribution in [1.29, 1.82) is 0 Å². The number of nitrogens with zero attached hydrogens (tertiary/aromatic N) is 1. The van der Waals surface area contributed by atoms with Crippen LogP contribution in [0.25, 0.3) is 0 Å². The smallest absolute Gasteiger partial charge is 0.257 e. The van der Waals surface area contributed by atoms with Gasteiger partial charge in [0.25, 0.3) is 5.91 Å². The van der Waals surface area contributed by atoms with E-state index in [2.05, 4.69) is 4.72 Å². The third kappa shape index (κ3) is 3.59. The molecule has 1 heterocycles. The molecule has 0 spiro atoms. The molecule has 1 aliphatic rings. The number of methoxy groups -OCH3 is 1. The van der Waals surface area contributed by atoms with Crippen LogP contribution in [0, 0.1) is 0 Å². The maximum Gasteiger partial charge on any atom is 0.257 e. The molecule has 6 nitrogen and oxygen atoms in total. The molecule has 7 heteroatoms. The lowest BCUT2D eigenvalue weighted by Crippen LogP contribution is -2.31. The van der Waals surface area contributed by atoms with Gasteiger partial charge in [0.2, 0.25) is 10.0 Å². The highest BCUT2D eigenvalue weighted by Gasteiger charge is 2.25. The Hall–Kier alpha value is -1.60. The number of rotatable bonds is 5. The summed E-state index contributed by atoms with van der Waals surface area (Å²) in [6.45, 7) is 4.89. The second kappa shape index (κ2) is 6.66. The van der Waals surface area contributed by atoms with Gasteiger partial charge in [-0.05, 0) is 44.9 Å². The Morgan fingerprint density at radius 1 is 1.27 bits per heavy atom. The van der Waals surface area contributed by atoms with Gasteiger partial charge in [-0.15, -0.1) is 0 Å². The van der Waals surface area contributed by atoms with Crippen LogP contribution in [0.1, 0.15) is 37.0 Å². The van der Waals surface area contributed by atoms with E-state index in [0.29, 0.717) is 18.8 Å². The molecule has 0 atom stereocenters. The van der Waals surface area contributed by atoms with Crippen LogP contribution < -0.4 is 9.46 Å². The van der Waals surface area contributed by atoms with Crippen molar-refractivity contribution in [3.8, 4) is 5.75 Å². The van der Waals surface area contributed by atoms with E-state index in [-0.39, 0.29) is 22.4 Å². The average molecular weight is 326 g/mol. The fourth-order valence-electron chi connectivity index (χ4n) is 2.49. The maximum absolute atomic E-state index is 12.6. The number of hydrogen-bond donors (Lipinski definition) is 1. The monoisotopic (exact) mass is 326 g/mol. The number of hydrogen-bond acceptors (Lipinski definition) is 4. The van der Waals surface area contributed by atoms with Gasteiger partial charge in [-0.3, -0.25) is 4.79 Å². The van der Waals surface area contributed by atoms with Gasteiger partial charge in [-0.1, -0.05) is 0 Å². The lowest BCUT2D eigenvalue weighted by atomic mass is 10.1. The SMILES string of the molecule is COc1ccc(S(=O)(=O)NC(C)C)cc1C(=O)N1CCCC1. The first-order valence-electron chi connectivity index (χ1n) is 7.35. The molecule has 0 aliphatic carbocycles. The largest absolute Gasteiger partial charge is 0.496 e. The Bertz CT molecular complexity index is 650. The summed E-state index contributed by atoms with van der Waals surface area (Å²) >= 11 is 0. The van der Waals surface area contributed by atoms with Crippen molar-refractivity contribution in [2.75, 3.05) is 20.2 Å². The molecule has 2 rings (SSSR count). The Balaban J connectivity index is 2.40. The average Bonchev–Trinajstić information content (AvgIpc) is 2.98. The number of sulfonamides is 1. The Labute approximate surface area is 131 Å². The predicted octanol–water partition coefficient (Wildman–Crippen LogP) is 1.62. The molecule has 0 unspecified atom stereocenters. The van der Waals surface area contributed by atoms with Gasteiger partial charge in [0.15, 0.2) is 0 Å². The number of nitrogens with one attached hydrogen (secondary N) is 1. The second-order valence-corrected chi connectivity index (χ2v) is 7.35. The number of carbonyl (C=O) groups excluding carboxylic acids is 1. The van der Waals surface area contributed by atoms with E-state index in [1.54, 1.807) is 18.7 Å². The normalized spacial score (nSPS) is 15.4. The molecule has 0 bridgehead atoms. The van der Waals surface area contributed by atoms with E-state index in [1.807, 2.05) is 0 Å². The lowest BCUT2D eigenvalue weighted by Gasteiger charge is -2.18. The zero-order valence-corrected chi connectivity index (χ0v) is 13.9. The fraction of sp³-hybridized carbons (Fsp3) is 0.533. The first-order chi connectivity index (χ1) is 10.3. The van der Waals surface area contributed by atoms with Crippen molar-refractivity contribution in [2.24, 2.45) is 0 Å². The Morgan fingerprint density at radius 2 is 1.91 bits per heavy atom. The van der Waals surface area contributed by atoms with Crippen molar-refractivity contribution in [2.45, 2.75) is 37.6 Å².